The monoisotopic (exact) mass is 271 g/mol. The first kappa shape index (κ1) is 13.2. The number of para-hydroxylation sites is 1. The van der Waals surface area contributed by atoms with Crippen LogP contribution in [0.1, 0.15) is 35.9 Å². The van der Waals surface area contributed by atoms with E-state index in [1.807, 2.05) is 36.9 Å². The predicted molar refractivity (Wildman–Crippen MR) is 79.6 cm³/mol. The van der Waals surface area contributed by atoms with Gasteiger partial charge in [0.2, 0.25) is 0 Å². The molecule has 0 fully saturated rings. The fraction of sp³-hybridized carbons (Fsp3) is 0.438. The van der Waals surface area contributed by atoms with Crippen LogP contribution in [-0.4, -0.2) is 21.4 Å². The number of aliphatic hydroxyl groups is 1. The van der Waals surface area contributed by atoms with Gasteiger partial charge >= 0.3 is 0 Å². The number of hydrogen-bond donors (Lipinski definition) is 1. The van der Waals surface area contributed by atoms with Crippen molar-refractivity contribution in [3.63, 3.8) is 0 Å². The Morgan fingerprint density at radius 3 is 2.90 bits per heavy atom. The van der Waals surface area contributed by atoms with E-state index in [0.717, 1.165) is 42.9 Å². The highest BCUT2D eigenvalue weighted by atomic mass is 16.3. The SMILES string of the molecule is Cc1cc(CN2CCCC(O)c3ccccc32)n(C)n1. The molecular weight excluding hydrogens is 250 g/mol. The van der Waals surface area contributed by atoms with E-state index in [1.165, 1.54) is 5.69 Å². The zero-order chi connectivity index (χ0) is 14.1. The Labute approximate surface area is 119 Å². The van der Waals surface area contributed by atoms with Crippen molar-refractivity contribution >= 4 is 5.69 Å². The molecule has 1 aliphatic heterocycles. The van der Waals surface area contributed by atoms with Crippen LogP contribution in [0.4, 0.5) is 5.69 Å². The Kier molecular flexibility index (Phi) is 3.49. The maximum Gasteiger partial charge on any atom is 0.0810 e. The second kappa shape index (κ2) is 5.29. The molecule has 0 saturated carbocycles. The quantitative estimate of drug-likeness (QED) is 0.912. The highest BCUT2D eigenvalue weighted by Crippen LogP contribution is 2.33. The summed E-state index contributed by atoms with van der Waals surface area (Å²) in [5.41, 5.74) is 4.44. The average molecular weight is 271 g/mol. The van der Waals surface area contributed by atoms with Crippen LogP contribution in [0, 0.1) is 6.92 Å². The van der Waals surface area contributed by atoms with E-state index in [4.69, 9.17) is 0 Å². The summed E-state index contributed by atoms with van der Waals surface area (Å²) in [6, 6.07) is 10.3. The van der Waals surface area contributed by atoms with Crippen molar-refractivity contribution in [3.8, 4) is 0 Å². The number of nitrogens with zero attached hydrogens (tertiary/aromatic N) is 3. The van der Waals surface area contributed by atoms with Gasteiger partial charge in [-0.3, -0.25) is 4.68 Å². The van der Waals surface area contributed by atoms with Gasteiger partial charge in [0.1, 0.15) is 0 Å². The number of aliphatic hydroxyl groups excluding tert-OH is 1. The van der Waals surface area contributed by atoms with Crippen LogP contribution in [0.15, 0.2) is 30.3 Å². The Bertz CT molecular complexity index is 606. The maximum absolute atomic E-state index is 10.2. The summed E-state index contributed by atoms with van der Waals surface area (Å²) in [7, 11) is 1.99. The largest absolute Gasteiger partial charge is 0.388 e. The third kappa shape index (κ3) is 2.43. The lowest BCUT2D eigenvalue weighted by Gasteiger charge is -2.25. The molecule has 2 aromatic rings. The molecule has 1 aromatic heterocycles. The molecule has 4 nitrogen and oxygen atoms in total. The van der Waals surface area contributed by atoms with Crippen molar-refractivity contribution in [2.75, 3.05) is 11.4 Å². The van der Waals surface area contributed by atoms with Crippen molar-refractivity contribution in [2.24, 2.45) is 7.05 Å². The van der Waals surface area contributed by atoms with Gasteiger partial charge in [-0.2, -0.15) is 5.10 Å². The van der Waals surface area contributed by atoms with Gasteiger partial charge in [0.05, 0.1) is 24.0 Å². The van der Waals surface area contributed by atoms with E-state index in [2.05, 4.69) is 22.1 Å². The van der Waals surface area contributed by atoms with Crippen molar-refractivity contribution in [2.45, 2.75) is 32.4 Å². The molecular formula is C16H21N3O. The molecule has 0 bridgehead atoms. The highest BCUT2D eigenvalue weighted by Gasteiger charge is 2.21. The molecule has 0 amide bonds. The first-order chi connectivity index (χ1) is 9.65. The topological polar surface area (TPSA) is 41.3 Å². The van der Waals surface area contributed by atoms with Crippen molar-refractivity contribution in [3.05, 3.63) is 47.3 Å². The first-order valence-electron chi connectivity index (χ1n) is 7.16. The van der Waals surface area contributed by atoms with Crippen LogP contribution in [0.25, 0.3) is 0 Å². The molecule has 0 radical (unpaired) electrons. The molecule has 1 N–H and O–H groups in total. The molecule has 3 rings (SSSR count). The van der Waals surface area contributed by atoms with Crippen LogP contribution in [0.5, 0.6) is 0 Å². The van der Waals surface area contributed by atoms with E-state index in [1.54, 1.807) is 0 Å². The molecule has 0 aliphatic carbocycles. The average Bonchev–Trinajstić information content (AvgIpc) is 2.66. The number of aryl methyl sites for hydroxylation is 2. The van der Waals surface area contributed by atoms with E-state index >= 15 is 0 Å². The van der Waals surface area contributed by atoms with Gasteiger partial charge in [0, 0.05) is 24.8 Å². The van der Waals surface area contributed by atoms with Crippen molar-refractivity contribution < 1.29 is 5.11 Å². The summed E-state index contributed by atoms with van der Waals surface area (Å²) in [5.74, 6) is 0. The van der Waals surface area contributed by atoms with Gasteiger partial charge in [0.15, 0.2) is 0 Å². The maximum atomic E-state index is 10.2. The minimum absolute atomic E-state index is 0.343. The lowest BCUT2D eigenvalue weighted by atomic mass is 10.0. The number of benzene rings is 1. The van der Waals surface area contributed by atoms with E-state index < -0.39 is 0 Å². The first-order valence-corrected chi connectivity index (χ1v) is 7.16. The summed E-state index contributed by atoms with van der Waals surface area (Å²) < 4.78 is 1.94. The van der Waals surface area contributed by atoms with E-state index in [9.17, 15) is 5.11 Å². The zero-order valence-corrected chi connectivity index (χ0v) is 12.1. The number of rotatable bonds is 2. The third-order valence-electron chi connectivity index (χ3n) is 3.99. The lowest BCUT2D eigenvalue weighted by Crippen LogP contribution is -2.24. The molecule has 1 unspecified atom stereocenters. The Morgan fingerprint density at radius 2 is 2.15 bits per heavy atom. The van der Waals surface area contributed by atoms with Gasteiger partial charge in [-0.15, -0.1) is 0 Å². The third-order valence-corrected chi connectivity index (χ3v) is 3.99. The molecule has 0 saturated heterocycles. The van der Waals surface area contributed by atoms with Gasteiger partial charge in [-0.25, -0.2) is 0 Å². The number of aromatic nitrogens is 2. The molecule has 20 heavy (non-hydrogen) atoms. The smallest absolute Gasteiger partial charge is 0.0810 e. The second-order valence-corrected chi connectivity index (χ2v) is 5.54. The molecule has 4 heteroatoms. The number of hydrogen-bond acceptors (Lipinski definition) is 3. The van der Waals surface area contributed by atoms with Crippen LogP contribution >= 0.6 is 0 Å². The fourth-order valence-corrected chi connectivity index (χ4v) is 2.98. The van der Waals surface area contributed by atoms with Crippen molar-refractivity contribution in [1.82, 2.24) is 9.78 Å². The Balaban J connectivity index is 1.93. The number of fused-ring (bicyclic) bond motifs is 1. The normalized spacial score (nSPS) is 18.8. The number of anilines is 1. The van der Waals surface area contributed by atoms with Gasteiger partial charge < -0.3 is 10.0 Å². The van der Waals surface area contributed by atoms with Gasteiger partial charge in [-0.05, 0) is 31.9 Å². The Morgan fingerprint density at radius 1 is 1.35 bits per heavy atom. The van der Waals surface area contributed by atoms with Crippen LogP contribution in [-0.2, 0) is 13.6 Å². The minimum atomic E-state index is -0.343. The van der Waals surface area contributed by atoms with E-state index in [-0.39, 0.29) is 6.10 Å². The van der Waals surface area contributed by atoms with Gasteiger partial charge in [0.25, 0.3) is 0 Å². The second-order valence-electron chi connectivity index (χ2n) is 5.54. The summed E-state index contributed by atoms with van der Waals surface area (Å²) >= 11 is 0. The molecule has 1 aliphatic rings. The summed E-state index contributed by atoms with van der Waals surface area (Å²) in [6.07, 6.45) is 1.49. The molecule has 2 heterocycles. The van der Waals surface area contributed by atoms with Crippen molar-refractivity contribution in [1.29, 1.82) is 0 Å². The molecule has 106 valence electrons. The fourth-order valence-electron chi connectivity index (χ4n) is 2.98. The van der Waals surface area contributed by atoms with Gasteiger partial charge in [-0.1, -0.05) is 18.2 Å². The predicted octanol–water partition coefficient (Wildman–Crippen LogP) is 2.56. The Hall–Kier alpha value is -1.81. The van der Waals surface area contributed by atoms with E-state index in [0.29, 0.717) is 0 Å². The summed E-state index contributed by atoms with van der Waals surface area (Å²) in [5, 5.41) is 14.7. The summed E-state index contributed by atoms with van der Waals surface area (Å²) in [6.45, 7) is 3.82. The standard InChI is InChI=1S/C16H21N3O/c1-12-10-13(18(2)17-12)11-19-9-5-8-16(20)14-6-3-4-7-15(14)19/h3-4,6-7,10,16,20H,5,8-9,11H2,1-2H3. The van der Waals surface area contributed by atoms with Crippen LogP contribution in [0.2, 0.25) is 0 Å². The van der Waals surface area contributed by atoms with Crippen LogP contribution in [0.3, 0.4) is 0 Å². The molecule has 0 spiro atoms. The zero-order valence-electron chi connectivity index (χ0n) is 12.1. The lowest BCUT2D eigenvalue weighted by molar-refractivity contribution is 0.168. The molecule has 1 aromatic carbocycles. The van der Waals surface area contributed by atoms with Crippen LogP contribution < -0.4 is 4.90 Å². The molecule has 1 atom stereocenters. The minimum Gasteiger partial charge on any atom is -0.388 e. The highest BCUT2D eigenvalue weighted by molar-refractivity contribution is 5.55. The summed E-state index contributed by atoms with van der Waals surface area (Å²) in [4.78, 5) is 2.35.